The molecule has 0 aliphatic carbocycles. The molecule has 0 saturated carbocycles. The summed E-state index contributed by atoms with van der Waals surface area (Å²) in [6, 6.07) is 7.03. The third-order valence-corrected chi connectivity index (χ3v) is 5.17. The van der Waals surface area contributed by atoms with Gasteiger partial charge in [0.1, 0.15) is 16.6 Å². The molecule has 1 aromatic carbocycles. The molecule has 1 N–H and O–H groups in total. The van der Waals surface area contributed by atoms with E-state index in [4.69, 9.17) is 39.5 Å². The smallest absolute Gasteiger partial charge is 0.410 e. The molecule has 30 heavy (non-hydrogen) atoms. The topological polar surface area (TPSA) is 70.6 Å². The Morgan fingerprint density at radius 1 is 1.10 bits per heavy atom. The van der Waals surface area contributed by atoms with Crippen molar-refractivity contribution in [3.8, 4) is 0 Å². The Morgan fingerprint density at radius 2 is 1.80 bits per heavy atom. The average Bonchev–Trinajstić information content (AvgIpc) is 2.66. The zero-order valence-corrected chi connectivity index (χ0v) is 19.4. The number of carbonyl (C=O) groups is 1. The molecule has 2 heterocycles. The first-order valence-corrected chi connectivity index (χ1v) is 10.7. The van der Waals surface area contributed by atoms with Crippen molar-refractivity contribution < 1.29 is 9.53 Å². The number of hydrogen-bond donors (Lipinski definition) is 1. The number of benzene rings is 1. The number of anilines is 2. The highest BCUT2D eigenvalue weighted by Gasteiger charge is 2.26. The minimum Gasteiger partial charge on any atom is -0.444 e. The number of amides is 1. The molecule has 0 unspecified atom stereocenters. The van der Waals surface area contributed by atoms with Crippen LogP contribution in [0.4, 0.5) is 16.6 Å². The van der Waals surface area contributed by atoms with Crippen LogP contribution in [-0.2, 0) is 11.3 Å². The van der Waals surface area contributed by atoms with Crippen LogP contribution in [0.2, 0.25) is 15.2 Å². The van der Waals surface area contributed by atoms with Gasteiger partial charge in [-0.3, -0.25) is 0 Å². The molecule has 3 rings (SSSR count). The van der Waals surface area contributed by atoms with E-state index in [1.807, 2.05) is 26.8 Å². The second kappa shape index (κ2) is 9.45. The van der Waals surface area contributed by atoms with Gasteiger partial charge in [0, 0.05) is 48.8 Å². The Labute approximate surface area is 191 Å². The van der Waals surface area contributed by atoms with E-state index in [2.05, 4.69) is 20.2 Å². The number of piperazine rings is 1. The highest BCUT2D eigenvalue weighted by Crippen LogP contribution is 2.23. The molecule has 0 radical (unpaired) electrons. The Kier molecular flexibility index (Phi) is 7.16. The fourth-order valence-corrected chi connectivity index (χ4v) is 3.58. The van der Waals surface area contributed by atoms with Gasteiger partial charge in [-0.05, 0) is 38.5 Å². The molecular formula is C20H24Cl3N5O2. The monoisotopic (exact) mass is 471 g/mol. The third kappa shape index (κ3) is 6.27. The lowest BCUT2D eigenvalue weighted by Gasteiger charge is -2.36. The van der Waals surface area contributed by atoms with Gasteiger partial charge in [0.25, 0.3) is 0 Å². The zero-order chi connectivity index (χ0) is 21.9. The Bertz CT molecular complexity index is 912. The van der Waals surface area contributed by atoms with Crippen molar-refractivity contribution in [3.05, 3.63) is 45.0 Å². The first-order valence-electron chi connectivity index (χ1n) is 9.56. The van der Waals surface area contributed by atoms with Crippen LogP contribution in [0.3, 0.4) is 0 Å². The molecular weight excluding hydrogens is 449 g/mol. The molecule has 0 spiro atoms. The lowest BCUT2D eigenvalue weighted by Crippen LogP contribution is -2.50. The van der Waals surface area contributed by atoms with Crippen LogP contribution in [0.25, 0.3) is 0 Å². The average molecular weight is 473 g/mol. The van der Waals surface area contributed by atoms with Gasteiger partial charge < -0.3 is 19.9 Å². The summed E-state index contributed by atoms with van der Waals surface area (Å²) in [6.45, 7) is 8.33. The molecule has 162 valence electrons. The predicted octanol–water partition coefficient (Wildman–Crippen LogP) is 5.11. The highest BCUT2D eigenvalue weighted by molar-refractivity contribution is 6.35. The molecule has 10 heteroatoms. The maximum atomic E-state index is 12.2. The molecule has 1 amide bonds. The van der Waals surface area contributed by atoms with Crippen molar-refractivity contribution in [1.82, 2.24) is 14.9 Å². The van der Waals surface area contributed by atoms with E-state index in [0.29, 0.717) is 59.7 Å². The van der Waals surface area contributed by atoms with Crippen molar-refractivity contribution in [2.45, 2.75) is 32.9 Å². The predicted molar refractivity (Wildman–Crippen MR) is 121 cm³/mol. The molecule has 0 atom stereocenters. The number of ether oxygens (including phenoxy) is 1. The first kappa shape index (κ1) is 22.7. The quantitative estimate of drug-likeness (QED) is 0.624. The van der Waals surface area contributed by atoms with Crippen LogP contribution in [0.15, 0.2) is 24.3 Å². The summed E-state index contributed by atoms with van der Waals surface area (Å²) in [6.07, 6.45) is -0.301. The molecule has 2 aromatic rings. The van der Waals surface area contributed by atoms with E-state index < -0.39 is 5.60 Å². The minimum absolute atomic E-state index is 0.301. The highest BCUT2D eigenvalue weighted by atomic mass is 35.5. The van der Waals surface area contributed by atoms with Gasteiger partial charge in [-0.2, -0.15) is 4.98 Å². The van der Waals surface area contributed by atoms with E-state index >= 15 is 0 Å². The van der Waals surface area contributed by atoms with Gasteiger partial charge in [-0.1, -0.05) is 40.9 Å². The first-order chi connectivity index (χ1) is 14.1. The van der Waals surface area contributed by atoms with Crippen molar-refractivity contribution >= 4 is 52.7 Å². The summed E-state index contributed by atoms with van der Waals surface area (Å²) in [7, 11) is 0. The van der Waals surface area contributed by atoms with Gasteiger partial charge in [0.05, 0.1) is 0 Å². The number of rotatable bonds is 4. The summed E-state index contributed by atoms with van der Waals surface area (Å²) in [4.78, 5) is 24.8. The van der Waals surface area contributed by atoms with Gasteiger partial charge in [-0.25, -0.2) is 9.78 Å². The van der Waals surface area contributed by atoms with Gasteiger partial charge in [-0.15, -0.1) is 0 Å². The van der Waals surface area contributed by atoms with E-state index in [1.54, 1.807) is 23.1 Å². The minimum atomic E-state index is -0.512. The molecule has 1 aliphatic heterocycles. The van der Waals surface area contributed by atoms with Crippen LogP contribution < -0.4 is 10.2 Å². The van der Waals surface area contributed by atoms with Crippen LogP contribution in [0, 0.1) is 0 Å². The van der Waals surface area contributed by atoms with Crippen molar-refractivity contribution in [2.24, 2.45) is 0 Å². The molecule has 1 aliphatic rings. The summed E-state index contributed by atoms with van der Waals surface area (Å²) < 4.78 is 5.44. The summed E-state index contributed by atoms with van der Waals surface area (Å²) in [5, 5.41) is 4.63. The second-order valence-electron chi connectivity index (χ2n) is 7.92. The lowest BCUT2D eigenvalue weighted by atomic mass is 10.2. The summed E-state index contributed by atoms with van der Waals surface area (Å²) in [5.74, 6) is 1.10. The van der Waals surface area contributed by atoms with Crippen molar-refractivity contribution in [1.29, 1.82) is 0 Å². The fourth-order valence-electron chi connectivity index (χ4n) is 2.93. The van der Waals surface area contributed by atoms with Crippen LogP contribution in [0.5, 0.6) is 0 Å². The van der Waals surface area contributed by atoms with E-state index in [1.165, 1.54) is 0 Å². The molecule has 1 aromatic heterocycles. The van der Waals surface area contributed by atoms with Gasteiger partial charge >= 0.3 is 6.09 Å². The molecule has 1 fully saturated rings. The number of nitrogens with one attached hydrogen (secondary N) is 1. The van der Waals surface area contributed by atoms with E-state index in [9.17, 15) is 4.79 Å². The maximum Gasteiger partial charge on any atom is 0.410 e. The van der Waals surface area contributed by atoms with Crippen LogP contribution in [0.1, 0.15) is 26.3 Å². The van der Waals surface area contributed by atoms with Crippen molar-refractivity contribution in [3.63, 3.8) is 0 Å². The van der Waals surface area contributed by atoms with E-state index in [0.717, 1.165) is 5.56 Å². The largest absolute Gasteiger partial charge is 0.444 e. The standard InChI is InChI=1S/C20H24Cl3N5O2/c1-20(2,3)30-19(29)28-8-6-27(7-9-28)17-11-16(23)25-18(26-17)24-12-13-4-5-14(21)10-15(13)22/h4-5,10-11H,6-9,12H2,1-3H3,(H,24,25,26). The third-order valence-electron chi connectivity index (χ3n) is 4.39. The van der Waals surface area contributed by atoms with Crippen molar-refractivity contribution in [2.75, 3.05) is 36.4 Å². The Hall–Kier alpha value is -1.96. The Morgan fingerprint density at radius 3 is 2.43 bits per heavy atom. The fraction of sp³-hybridized carbons (Fsp3) is 0.450. The van der Waals surface area contributed by atoms with Crippen LogP contribution >= 0.6 is 34.8 Å². The number of carbonyl (C=O) groups excluding carboxylic acids is 1. The number of halogens is 3. The SMILES string of the molecule is CC(C)(C)OC(=O)N1CCN(c2cc(Cl)nc(NCc3ccc(Cl)cc3Cl)n2)CC1. The van der Waals surface area contributed by atoms with E-state index in [-0.39, 0.29) is 6.09 Å². The maximum absolute atomic E-state index is 12.2. The number of nitrogens with zero attached hydrogens (tertiary/aromatic N) is 4. The number of aromatic nitrogens is 2. The second-order valence-corrected chi connectivity index (χ2v) is 9.15. The molecule has 7 nitrogen and oxygen atoms in total. The van der Waals surface area contributed by atoms with Gasteiger partial charge in [0.15, 0.2) is 0 Å². The lowest BCUT2D eigenvalue weighted by molar-refractivity contribution is 0.0240. The number of hydrogen-bond acceptors (Lipinski definition) is 6. The molecule has 0 bridgehead atoms. The summed E-state index contributed by atoms with van der Waals surface area (Å²) in [5.41, 5.74) is 0.360. The van der Waals surface area contributed by atoms with Crippen LogP contribution in [-0.4, -0.2) is 52.7 Å². The van der Waals surface area contributed by atoms with Gasteiger partial charge in [0.2, 0.25) is 5.95 Å². The Balaban J connectivity index is 1.62. The normalized spacial score (nSPS) is 14.6. The summed E-state index contributed by atoms with van der Waals surface area (Å²) >= 11 is 18.4. The molecule has 1 saturated heterocycles. The zero-order valence-electron chi connectivity index (χ0n) is 17.1.